The van der Waals surface area contributed by atoms with Gasteiger partial charge in [0.2, 0.25) is 0 Å². The number of aromatic nitrogens is 2. The van der Waals surface area contributed by atoms with Gasteiger partial charge < -0.3 is 15.5 Å². The monoisotopic (exact) mass is 223 g/mol. The smallest absolute Gasteiger partial charge is 0.134 e. The van der Waals surface area contributed by atoms with E-state index in [-0.39, 0.29) is 0 Å². The van der Waals surface area contributed by atoms with Crippen molar-refractivity contribution in [2.24, 2.45) is 0 Å². The predicted octanol–water partition coefficient (Wildman–Crippen LogP) is 1.19. The minimum Gasteiger partial charge on any atom is -0.373 e. The summed E-state index contributed by atoms with van der Waals surface area (Å²) in [6, 6.07) is 0.355. The molecule has 1 aromatic heterocycles. The molecule has 1 rings (SSSR count). The maximum Gasteiger partial charge on any atom is 0.134 e. The van der Waals surface area contributed by atoms with E-state index in [1.165, 1.54) is 0 Å². The van der Waals surface area contributed by atoms with Crippen molar-refractivity contribution in [3.8, 4) is 0 Å². The highest BCUT2D eigenvalue weighted by atomic mass is 15.1. The van der Waals surface area contributed by atoms with Gasteiger partial charge in [0.25, 0.3) is 0 Å². The molecule has 16 heavy (non-hydrogen) atoms. The average molecular weight is 223 g/mol. The van der Waals surface area contributed by atoms with Crippen LogP contribution in [0.4, 0.5) is 11.6 Å². The van der Waals surface area contributed by atoms with Gasteiger partial charge in [-0.15, -0.1) is 0 Å². The SMILES string of the molecule is CNc1ncnc(NC(C)CN(C)C)c1C. The van der Waals surface area contributed by atoms with E-state index >= 15 is 0 Å². The Bertz CT molecular complexity index is 337. The zero-order valence-corrected chi connectivity index (χ0v) is 10.7. The number of nitrogens with one attached hydrogen (secondary N) is 2. The van der Waals surface area contributed by atoms with Gasteiger partial charge in [-0.3, -0.25) is 0 Å². The highest BCUT2D eigenvalue weighted by Crippen LogP contribution is 2.18. The van der Waals surface area contributed by atoms with Gasteiger partial charge in [0.05, 0.1) is 0 Å². The molecule has 0 saturated heterocycles. The molecule has 0 fully saturated rings. The molecule has 1 aromatic rings. The molecule has 5 nitrogen and oxygen atoms in total. The Labute approximate surface area is 97.3 Å². The first-order valence-electron chi connectivity index (χ1n) is 5.45. The van der Waals surface area contributed by atoms with Crippen molar-refractivity contribution < 1.29 is 0 Å². The van der Waals surface area contributed by atoms with E-state index in [0.29, 0.717) is 6.04 Å². The van der Waals surface area contributed by atoms with Crippen LogP contribution in [0.25, 0.3) is 0 Å². The van der Waals surface area contributed by atoms with Crippen LogP contribution in [0.2, 0.25) is 0 Å². The van der Waals surface area contributed by atoms with Crippen molar-refractivity contribution in [1.29, 1.82) is 0 Å². The van der Waals surface area contributed by atoms with Crippen molar-refractivity contribution in [3.05, 3.63) is 11.9 Å². The topological polar surface area (TPSA) is 53.1 Å². The minimum absolute atomic E-state index is 0.355. The molecular weight excluding hydrogens is 202 g/mol. The lowest BCUT2D eigenvalue weighted by Gasteiger charge is -2.20. The van der Waals surface area contributed by atoms with Crippen molar-refractivity contribution in [3.63, 3.8) is 0 Å². The van der Waals surface area contributed by atoms with Crippen LogP contribution in [-0.4, -0.2) is 48.6 Å². The van der Waals surface area contributed by atoms with Gasteiger partial charge in [0, 0.05) is 25.2 Å². The quantitative estimate of drug-likeness (QED) is 0.785. The van der Waals surface area contributed by atoms with Gasteiger partial charge in [-0.1, -0.05) is 0 Å². The first-order chi connectivity index (χ1) is 7.54. The van der Waals surface area contributed by atoms with E-state index in [1.54, 1.807) is 6.33 Å². The van der Waals surface area contributed by atoms with Gasteiger partial charge in [-0.2, -0.15) is 0 Å². The molecule has 0 radical (unpaired) electrons. The normalized spacial score (nSPS) is 12.6. The van der Waals surface area contributed by atoms with Crippen molar-refractivity contribution in [2.75, 3.05) is 38.3 Å². The number of nitrogens with zero attached hydrogens (tertiary/aromatic N) is 3. The van der Waals surface area contributed by atoms with Gasteiger partial charge in [-0.25, -0.2) is 9.97 Å². The molecule has 1 atom stereocenters. The van der Waals surface area contributed by atoms with Crippen LogP contribution < -0.4 is 10.6 Å². The molecule has 1 heterocycles. The summed E-state index contributed by atoms with van der Waals surface area (Å²) in [6.07, 6.45) is 1.57. The van der Waals surface area contributed by atoms with E-state index in [2.05, 4.69) is 46.5 Å². The number of hydrogen-bond donors (Lipinski definition) is 2. The first-order valence-corrected chi connectivity index (χ1v) is 5.45. The maximum atomic E-state index is 4.25. The molecule has 0 aliphatic heterocycles. The van der Waals surface area contributed by atoms with E-state index < -0.39 is 0 Å². The number of hydrogen-bond acceptors (Lipinski definition) is 5. The molecule has 5 heteroatoms. The van der Waals surface area contributed by atoms with E-state index in [4.69, 9.17) is 0 Å². The molecule has 1 unspecified atom stereocenters. The summed E-state index contributed by atoms with van der Waals surface area (Å²) in [7, 11) is 5.98. The van der Waals surface area contributed by atoms with Crippen LogP contribution >= 0.6 is 0 Å². The molecule has 0 aliphatic rings. The zero-order valence-electron chi connectivity index (χ0n) is 10.7. The molecule has 0 spiro atoms. The third-order valence-electron chi connectivity index (χ3n) is 2.34. The van der Waals surface area contributed by atoms with Crippen LogP contribution in [0.15, 0.2) is 6.33 Å². The number of anilines is 2. The molecule has 90 valence electrons. The van der Waals surface area contributed by atoms with E-state index in [9.17, 15) is 0 Å². The van der Waals surface area contributed by atoms with Crippen molar-refractivity contribution >= 4 is 11.6 Å². The molecule has 0 aliphatic carbocycles. The maximum absolute atomic E-state index is 4.25. The summed E-state index contributed by atoms with van der Waals surface area (Å²) in [4.78, 5) is 10.6. The lowest BCUT2D eigenvalue weighted by molar-refractivity contribution is 0.392. The zero-order chi connectivity index (χ0) is 12.1. The van der Waals surface area contributed by atoms with Gasteiger partial charge in [-0.05, 0) is 27.9 Å². The minimum atomic E-state index is 0.355. The summed E-state index contributed by atoms with van der Waals surface area (Å²) in [6.45, 7) is 5.12. The van der Waals surface area contributed by atoms with Crippen LogP contribution in [-0.2, 0) is 0 Å². The first kappa shape index (κ1) is 12.7. The van der Waals surface area contributed by atoms with Crippen molar-refractivity contribution in [1.82, 2.24) is 14.9 Å². The Balaban J connectivity index is 2.73. The Kier molecular flexibility index (Phi) is 4.49. The summed E-state index contributed by atoms with van der Waals surface area (Å²) in [5, 5.41) is 6.43. The predicted molar refractivity (Wildman–Crippen MR) is 68.0 cm³/mol. The molecule has 0 bridgehead atoms. The third-order valence-corrected chi connectivity index (χ3v) is 2.34. The summed E-state index contributed by atoms with van der Waals surface area (Å²) in [5.41, 5.74) is 1.05. The second-order valence-corrected chi connectivity index (χ2v) is 4.25. The van der Waals surface area contributed by atoms with Crippen LogP contribution in [0.3, 0.4) is 0 Å². The highest BCUT2D eigenvalue weighted by Gasteiger charge is 2.09. The largest absolute Gasteiger partial charge is 0.373 e. The lowest BCUT2D eigenvalue weighted by Crippen LogP contribution is -2.30. The Morgan fingerprint density at radius 3 is 2.50 bits per heavy atom. The molecule has 0 aromatic carbocycles. The second-order valence-electron chi connectivity index (χ2n) is 4.25. The Morgan fingerprint density at radius 2 is 1.94 bits per heavy atom. The fraction of sp³-hybridized carbons (Fsp3) is 0.636. The third kappa shape index (κ3) is 3.34. The van der Waals surface area contributed by atoms with Crippen LogP contribution in [0, 0.1) is 6.92 Å². The average Bonchev–Trinajstić information content (AvgIpc) is 2.20. The second kappa shape index (κ2) is 5.65. The van der Waals surface area contributed by atoms with E-state index in [1.807, 2.05) is 14.0 Å². The summed E-state index contributed by atoms with van der Waals surface area (Å²) in [5.74, 6) is 1.77. The van der Waals surface area contributed by atoms with Gasteiger partial charge in [0.15, 0.2) is 0 Å². The lowest BCUT2D eigenvalue weighted by atomic mass is 10.2. The molecule has 2 N–H and O–H groups in total. The van der Waals surface area contributed by atoms with Gasteiger partial charge >= 0.3 is 0 Å². The number of likely N-dealkylation sites (N-methyl/N-ethyl adjacent to an activating group) is 1. The highest BCUT2D eigenvalue weighted by molar-refractivity contribution is 5.56. The fourth-order valence-electron chi connectivity index (χ4n) is 1.67. The van der Waals surface area contributed by atoms with Crippen LogP contribution in [0.5, 0.6) is 0 Å². The standard InChI is InChI=1S/C11H21N5/c1-8(6-16(4)5)15-11-9(2)10(12-3)13-7-14-11/h7-8H,6H2,1-5H3,(H2,12,13,14,15). The van der Waals surface area contributed by atoms with Crippen LogP contribution in [0.1, 0.15) is 12.5 Å². The Hall–Kier alpha value is -1.36. The van der Waals surface area contributed by atoms with Gasteiger partial charge in [0.1, 0.15) is 18.0 Å². The Morgan fingerprint density at radius 1 is 1.31 bits per heavy atom. The van der Waals surface area contributed by atoms with Crippen molar-refractivity contribution in [2.45, 2.75) is 19.9 Å². The number of rotatable bonds is 5. The fourth-order valence-corrected chi connectivity index (χ4v) is 1.67. The van der Waals surface area contributed by atoms with E-state index in [0.717, 1.165) is 23.7 Å². The molecular formula is C11H21N5. The molecule has 0 saturated carbocycles. The summed E-state index contributed by atoms with van der Waals surface area (Å²) >= 11 is 0. The molecule has 0 amide bonds. The summed E-state index contributed by atoms with van der Waals surface area (Å²) < 4.78 is 0.